The number of halogens is 1. The number of hydrogen-bond acceptors (Lipinski definition) is 5. The average Bonchev–Trinajstić information content (AvgIpc) is 2.70. The predicted molar refractivity (Wildman–Crippen MR) is 114 cm³/mol. The summed E-state index contributed by atoms with van der Waals surface area (Å²) in [4.78, 5) is 24.5. The maximum absolute atomic E-state index is 12.4. The van der Waals surface area contributed by atoms with Crippen LogP contribution in [0.4, 0.5) is 5.69 Å². The topological polar surface area (TPSA) is 73.9 Å². The van der Waals surface area contributed by atoms with Gasteiger partial charge >= 0.3 is 5.97 Å². The smallest absolute Gasteiger partial charge is 0.331 e. The molecule has 0 heterocycles. The van der Waals surface area contributed by atoms with Crippen LogP contribution < -0.4 is 14.8 Å². The van der Waals surface area contributed by atoms with Crippen LogP contribution in [0.15, 0.2) is 42.5 Å². The molecule has 0 aliphatic carbocycles. The number of carbonyl (C=O) groups is 2. The highest BCUT2D eigenvalue weighted by atomic mass is 35.5. The van der Waals surface area contributed by atoms with Crippen molar-refractivity contribution < 1.29 is 23.8 Å². The van der Waals surface area contributed by atoms with E-state index in [1.165, 1.54) is 20.1 Å². The number of nitrogens with one attached hydrogen (secondary N) is 1. The van der Waals surface area contributed by atoms with Crippen LogP contribution in [0.5, 0.6) is 11.5 Å². The Morgan fingerprint density at radius 3 is 2.62 bits per heavy atom. The maximum Gasteiger partial charge on any atom is 0.331 e. The molecule has 0 saturated carbocycles. The Balaban J connectivity index is 2.01. The second-order valence-corrected chi connectivity index (χ2v) is 6.58. The number of hydrogen-bond donors (Lipinski definition) is 1. The quantitative estimate of drug-likeness (QED) is 0.500. The summed E-state index contributed by atoms with van der Waals surface area (Å²) in [7, 11) is 1.48. The van der Waals surface area contributed by atoms with Crippen LogP contribution in [-0.2, 0) is 14.3 Å². The van der Waals surface area contributed by atoms with E-state index in [4.69, 9.17) is 25.8 Å². The Bertz CT molecular complexity index is 910. The average molecular weight is 418 g/mol. The van der Waals surface area contributed by atoms with Gasteiger partial charge in [0.1, 0.15) is 11.5 Å². The second kappa shape index (κ2) is 10.5. The first-order chi connectivity index (χ1) is 13.8. The van der Waals surface area contributed by atoms with Gasteiger partial charge in [-0.15, -0.1) is 0 Å². The van der Waals surface area contributed by atoms with Crippen molar-refractivity contribution in [3.8, 4) is 11.5 Å². The zero-order chi connectivity index (χ0) is 21.4. The minimum absolute atomic E-state index is 0.417. The van der Waals surface area contributed by atoms with E-state index in [2.05, 4.69) is 5.32 Å². The molecule has 0 radical (unpaired) electrons. The summed E-state index contributed by atoms with van der Waals surface area (Å²) in [6, 6.07) is 10.6. The summed E-state index contributed by atoms with van der Waals surface area (Å²) >= 11 is 6.07. The number of amides is 1. The number of rotatable bonds is 8. The first-order valence-electron chi connectivity index (χ1n) is 9.11. The molecule has 0 fully saturated rings. The molecule has 7 heteroatoms. The lowest BCUT2D eigenvalue weighted by molar-refractivity contribution is -0.148. The Morgan fingerprint density at radius 2 is 1.93 bits per heavy atom. The molecule has 0 bridgehead atoms. The van der Waals surface area contributed by atoms with Gasteiger partial charge in [-0.3, -0.25) is 4.79 Å². The third kappa shape index (κ3) is 6.26. The fourth-order valence-corrected chi connectivity index (χ4v) is 2.65. The zero-order valence-corrected chi connectivity index (χ0v) is 17.6. The lowest BCUT2D eigenvalue weighted by atomic mass is 10.2. The Hall–Kier alpha value is -2.99. The molecular formula is C22H24ClNO5. The van der Waals surface area contributed by atoms with Gasteiger partial charge in [0.05, 0.1) is 19.4 Å². The van der Waals surface area contributed by atoms with Crippen molar-refractivity contribution in [2.75, 3.05) is 19.0 Å². The van der Waals surface area contributed by atoms with Gasteiger partial charge in [0.15, 0.2) is 6.10 Å². The zero-order valence-electron chi connectivity index (χ0n) is 16.8. The van der Waals surface area contributed by atoms with Crippen LogP contribution >= 0.6 is 11.6 Å². The molecule has 1 N–H and O–H groups in total. The molecule has 2 rings (SSSR count). The molecule has 2 aromatic carbocycles. The lowest BCUT2D eigenvalue weighted by Gasteiger charge is -2.15. The van der Waals surface area contributed by atoms with Crippen LogP contribution in [0.2, 0.25) is 5.02 Å². The van der Waals surface area contributed by atoms with Gasteiger partial charge in [-0.25, -0.2) is 4.79 Å². The molecule has 0 spiro atoms. The molecule has 0 aliphatic rings. The van der Waals surface area contributed by atoms with Gasteiger partial charge in [0, 0.05) is 22.7 Å². The Morgan fingerprint density at radius 1 is 1.21 bits per heavy atom. The van der Waals surface area contributed by atoms with Crippen molar-refractivity contribution in [3.63, 3.8) is 0 Å². The summed E-state index contributed by atoms with van der Waals surface area (Å²) < 4.78 is 15.9. The summed E-state index contributed by atoms with van der Waals surface area (Å²) in [6.07, 6.45) is 1.84. The van der Waals surface area contributed by atoms with Crippen molar-refractivity contribution >= 4 is 35.2 Å². The van der Waals surface area contributed by atoms with E-state index in [1.54, 1.807) is 18.2 Å². The van der Waals surface area contributed by atoms with E-state index >= 15 is 0 Å². The second-order valence-electron chi connectivity index (χ2n) is 6.17. The molecule has 154 valence electrons. The van der Waals surface area contributed by atoms with Crippen LogP contribution in [0, 0.1) is 6.92 Å². The number of benzene rings is 2. The Kier molecular flexibility index (Phi) is 8.09. The summed E-state index contributed by atoms with van der Waals surface area (Å²) in [5.41, 5.74) is 1.97. The van der Waals surface area contributed by atoms with E-state index in [0.717, 1.165) is 11.1 Å². The van der Waals surface area contributed by atoms with Crippen LogP contribution in [0.1, 0.15) is 25.0 Å². The number of methoxy groups -OCH3 is 1. The van der Waals surface area contributed by atoms with Gasteiger partial charge in [0.2, 0.25) is 0 Å². The monoisotopic (exact) mass is 417 g/mol. The van der Waals surface area contributed by atoms with Gasteiger partial charge in [0.25, 0.3) is 5.91 Å². The van der Waals surface area contributed by atoms with E-state index in [9.17, 15) is 9.59 Å². The van der Waals surface area contributed by atoms with Crippen molar-refractivity contribution in [1.82, 2.24) is 0 Å². The van der Waals surface area contributed by atoms with Crippen molar-refractivity contribution in [2.45, 2.75) is 26.9 Å². The number of para-hydroxylation sites is 1. The molecule has 6 nitrogen and oxygen atoms in total. The summed E-state index contributed by atoms with van der Waals surface area (Å²) in [6.45, 7) is 5.70. The standard InChI is InChI=1S/C22H24ClNO5/c1-5-28-19-9-7-6-8-16(19)10-11-21(25)29-15(3)22(26)24-18-12-14(2)17(23)13-20(18)27-4/h6-13,15H,5H2,1-4H3,(H,24,26)/b11-10+. The molecule has 1 amide bonds. The molecule has 2 aromatic rings. The highest BCUT2D eigenvalue weighted by Crippen LogP contribution is 2.31. The molecule has 0 aromatic heterocycles. The molecular weight excluding hydrogens is 394 g/mol. The van der Waals surface area contributed by atoms with Gasteiger partial charge < -0.3 is 19.5 Å². The third-order valence-corrected chi connectivity index (χ3v) is 4.43. The summed E-state index contributed by atoms with van der Waals surface area (Å²) in [5.74, 6) is -0.0466. The van der Waals surface area contributed by atoms with Crippen LogP contribution in [0.3, 0.4) is 0 Å². The number of esters is 1. The number of carbonyl (C=O) groups excluding carboxylic acids is 2. The van der Waals surface area contributed by atoms with E-state index in [0.29, 0.717) is 28.8 Å². The van der Waals surface area contributed by atoms with Crippen molar-refractivity contribution in [3.05, 3.63) is 58.6 Å². The van der Waals surface area contributed by atoms with Gasteiger partial charge in [-0.05, 0) is 44.5 Å². The molecule has 0 saturated heterocycles. The molecule has 0 aliphatic heterocycles. The molecule has 1 unspecified atom stereocenters. The third-order valence-electron chi connectivity index (χ3n) is 4.02. The van der Waals surface area contributed by atoms with Crippen LogP contribution in [0.25, 0.3) is 6.08 Å². The first-order valence-corrected chi connectivity index (χ1v) is 9.49. The van der Waals surface area contributed by atoms with Crippen molar-refractivity contribution in [1.29, 1.82) is 0 Å². The van der Waals surface area contributed by atoms with E-state index in [-0.39, 0.29) is 0 Å². The fourth-order valence-electron chi connectivity index (χ4n) is 2.49. The van der Waals surface area contributed by atoms with E-state index in [1.807, 2.05) is 38.1 Å². The minimum atomic E-state index is -1.00. The predicted octanol–water partition coefficient (Wildman–Crippen LogP) is 4.64. The highest BCUT2D eigenvalue weighted by Gasteiger charge is 2.19. The van der Waals surface area contributed by atoms with Gasteiger partial charge in [-0.2, -0.15) is 0 Å². The SMILES string of the molecule is CCOc1ccccc1/C=C/C(=O)OC(C)C(=O)Nc1cc(C)c(Cl)cc1OC. The first kappa shape index (κ1) is 22.3. The van der Waals surface area contributed by atoms with Crippen molar-refractivity contribution in [2.24, 2.45) is 0 Å². The number of anilines is 1. The van der Waals surface area contributed by atoms with Gasteiger partial charge in [-0.1, -0.05) is 29.8 Å². The highest BCUT2D eigenvalue weighted by molar-refractivity contribution is 6.31. The molecule has 29 heavy (non-hydrogen) atoms. The number of ether oxygens (including phenoxy) is 3. The fraction of sp³-hybridized carbons (Fsp3) is 0.273. The lowest BCUT2D eigenvalue weighted by Crippen LogP contribution is -2.29. The normalized spacial score (nSPS) is 11.8. The maximum atomic E-state index is 12.4. The largest absolute Gasteiger partial charge is 0.495 e. The summed E-state index contributed by atoms with van der Waals surface area (Å²) in [5, 5.41) is 3.22. The van der Waals surface area contributed by atoms with E-state index < -0.39 is 18.0 Å². The molecule has 1 atom stereocenters. The Labute approximate surface area is 175 Å². The van der Waals surface area contributed by atoms with Crippen LogP contribution in [-0.4, -0.2) is 31.7 Å². The number of aryl methyl sites for hydroxylation is 1. The minimum Gasteiger partial charge on any atom is -0.495 e.